The zero-order valence-electron chi connectivity index (χ0n) is 17.0. The number of imide groups is 1. The Balaban J connectivity index is 1.52. The average molecular weight is 424 g/mol. The van der Waals surface area contributed by atoms with E-state index in [2.05, 4.69) is 15.4 Å². The van der Waals surface area contributed by atoms with Crippen LogP contribution in [0.5, 0.6) is 5.75 Å². The monoisotopic (exact) mass is 424 g/mol. The van der Waals surface area contributed by atoms with Gasteiger partial charge in [0.2, 0.25) is 5.91 Å². The summed E-state index contributed by atoms with van der Waals surface area (Å²) in [5.74, 6) is -0.432. The molecule has 1 saturated carbocycles. The summed E-state index contributed by atoms with van der Waals surface area (Å²) in [6.07, 6.45) is 2.78. The number of ether oxygens (including phenoxy) is 1. The number of halogens is 2. The molecule has 0 bridgehead atoms. The number of aryl methyl sites for hydroxylation is 1. The Bertz CT molecular complexity index is 801. The predicted molar refractivity (Wildman–Crippen MR) is 104 cm³/mol. The normalized spacial score (nSPS) is 21.3. The molecule has 164 valence electrons. The van der Waals surface area contributed by atoms with Gasteiger partial charge in [-0.25, -0.2) is 9.69 Å². The van der Waals surface area contributed by atoms with Crippen molar-refractivity contribution in [3.05, 3.63) is 29.8 Å². The minimum Gasteiger partial charge on any atom is -0.435 e. The van der Waals surface area contributed by atoms with Crippen LogP contribution in [0.3, 0.4) is 0 Å². The number of hydrogen-bond acceptors (Lipinski definition) is 5. The standard InChI is InChI=1S/C20H26F2N4O4/c1-20(10-9-13-3-7-15(8-4-13)30-18(21)22)17(28)26(19(29)24-20)12-25(2)11-16(27)23-14-5-6-14/h3-4,7-8,14,18H,5-6,9-12H2,1-2H3,(H,23,27)(H,24,29)/t20-/m0/s1. The number of urea groups is 1. The Labute approximate surface area is 173 Å². The first-order valence-electron chi connectivity index (χ1n) is 9.82. The minimum atomic E-state index is -2.88. The number of hydrogen-bond donors (Lipinski definition) is 2. The van der Waals surface area contributed by atoms with Gasteiger partial charge < -0.3 is 15.4 Å². The lowest BCUT2D eigenvalue weighted by atomic mass is 9.93. The summed E-state index contributed by atoms with van der Waals surface area (Å²) in [6, 6.07) is 5.91. The van der Waals surface area contributed by atoms with E-state index in [9.17, 15) is 23.2 Å². The Hall–Kier alpha value is -2.75. The second kappa shape index (κ2) is 8.95. The largest absolute Gasteiger partial charge is 0.435 e. The minimum absolute atomic E-state index is 0.0119. The van der Waals surface area contributed by atoms with Gasteiger partial charge in [0.05, 0.1) is 13.2 Å². The summed E-state index contributed by atoms with van der Waals surface area (Å²) in [4.78, 5) is 39.8. The lowest BCUT2D eigenvalue weighted by Gasteiger charge is -2.24. The molecule has 0 spiro atoms. The summed E-state index contributed by atoms with van der Waals surface area (Å²) in [5.41, 5.74) is -0.251. The van der Waals surface area contributed by atoms with Crippen LogP contribution in [0.15, 0.2) is 24.3 Å². The van der Waals surface area contributed by atoms with E-state index in [-0.39, 0.29) is 36.8 Å². The van der Waals surface area contributed by atoms with Gasteiger partial charge in [0, 0.05) is 6.04 Å². The van der Waals surface area contributed by atoms with Crippen molar-refractivity contribution in [3.63, 3.8) is 0 Å². The predicted octanol–water partition coefficient (Wildman–Crippen LogP) is 1.70. The second-order valence-electron chi connectivity index (χ2n) is 8.02. The first kappa shape index (κ1) is 21.9. The van der Waals surface area contributed by atoms with Gasteiger partial charge in [0.25, 0.3) is 5.91 Å². The van der Waals surface area contributed by atoms with Crippen molar-refractivity contribution in [2.24, 2.45) is 0 Å². The molecule has 2 N–H and O–H groups in total. The third kappa shape index (κ3) is 5.65. The molecule has 0 unspecified atom stereocenters. The number of rotatable bonds is 10. The zero-order chi connectivity index (χ0) is 21.9. The highest BCUT2D eigenvalue weighted by atomic mass is 19.3. The maximum atomic E-state index is 12.9. The van der Waals surface area contributed by atoms with Gasteiger partial charge in [0.1, 0.15) is 11.3 Å². The zero-order valence-corrected chi connectivity index (χ0v) is 17.0. The van der Waals surface area contributed by atoms with Crippen molar-refractivity contribution in [2.75, 3.05) is 20.3 Å². The molecule has 30 heavy (non-hydrogen) atoms. The quantitative estimate of drug-likeness (QED) is 0.558. The Kier molecular flexibility index (Phi) is 6.55. The summed E-state index contributed by atoms with van der Waals surface area (Å²) >= 11 is 0. The molecule has 1 saturated heterocycles. The topological polar surface area (TPSA) is 91.0 Å². The fourth-order valence-electron chi connectivity index (χ4n) is 3.31. The van der Waals surface area contributed by atoms with E-state index in [0.29, 0.717) is 12.8 Å². The highest BCUT2D eigenvalue weighted by Gasteiger charge is 2.47. The molecule has 1 aliphatic carbocycles. The SMILES string of the molecule is CN(CC(=O)NC1CC1)CN1C(=O)N[C@@](C)(CCc2ccc(OC(F)F)cc2)C1=O. The highest BCUT2D eigenvalue weighted by Crippen LogP contribution is 2.24. The Morgan fingerprint density at radius 2 is 2.00 bits per heavy atom. The first-order valence-corrected chi connectivity index (χ1v) is 9.82. The van der Waals surface area contributed by atoms with Gasteiger partial charge in [-0.15, -0.1) is 0 Å². The lowest BCUT2D eigenvalue weighted by Crippen LogP contribution is -2.46. The molecule has 1 aromatic carbocycles. The molecule has 10 heteroatoms. The summed E-state index contributed by atoms with van der Waals surface area (Å²) in [5, 5.41) is 5.59. The van der Waals surface area contributed by atoms with Crippen LogP contribution in [0.2, 0.25) is 0 Å². The molecule has 0 radical (unpaired) electrons. The maximum Gasteiger partial charge on any atom is 0.387 e. The molecule has 1 aliphatic heterocycles. The molecule has 1 heterocycles. The maximum absolute atomic E-state index is 12.9. The molecule has 8 nitrogen and oxygen atoms in total. The van der Waals surface area contributed by atoms with Gasteiger partial charge >= 0.3 is 12.6 Å². The van der Waals surface area contributed by atoms with E-state index in [4.69, 9.17) is 0 Å². The van der Waals surface area contributed by atoms with E-state index >= 15 is 0 Å². The summed E-state index contributed by atoms with van der Waals surface area (Å²) in [6.45, 7) is -1.12. The smallest absolute Gasteiger partial charge is 0.387 e. The molecule has 2 fully saturated rings. The van der Waals surface area contributed by atoms with Crippen LogP contribution in [0, 0.1) is 0 Å². The fourth-order valence-corrected chi connectivity index (χ4v) is 3.31. The number of alkyl halides is 2. The van der Waals surface area contributed by atoms with Crippen LogP contribution in [0.4, 0.5) is 13.6 Å². The van der Waals surface area contributed by atoms with Crippen molar-refractivity contribution in [1.29, 1.82) is 0 Å². The van der Waals surface area contributed by atoms with Gasteiger partial charge in [-0.1, -0.05) is 12.1 Å². The number of amides is 4. The van der Waals surface area contributed by atoms with E-state index < -0.39 is 18.2 Å². The van der Waals surface area contributed by atoms with Crippen LogP contribution in [0.1, 0.15) is 31.7 Å². The number of nitrogens with one attached hydrogen (secondary N) is 2. The lowest BCUT2D eigenvalue weighted by molar-refractivity contribution is -0.133. The van der Waals surface area contributed by atoms with Crippen LogP contribution < -0.4 is 15.4 Å². The number of nitrogens with zero attached hydrogens (tertiary/aromatic N) is 2. The van der Waals surface area contributed by atoms with Crippen molar-refractivity contribution in [2.45, 2.75) is 50.8 Å². The number of likely N-dealkylation sites (N-methyl/N-ethyl adjacent to an activating group) is 1. The van der Waals surface area contributed by atoms with E-state index in [1.165, 1.54) is 12.1 Å². The van der Waals surface area contributed by atoms with Gasteiger partial charge in [-0.05, 0) is 57.4 Å². The van der Waals surface area contributed by atoms with Gasteiger partial charge in [-0.3, -0.25) is 14.5 Å². The van der Waals surface area contributed by atoms with Crippen LogP contribution in [0.25, 0.3) is 0 Å². The van der Waals surface area contributed by atoms with Gasteiger partial charge in [-0.2, -0.15) is 8.78 Å². The molecule has 4 amide bonds. The molecule has 3 rings (SSSR count). The van der Waals surface area contributed by atoms with Gasteiger partial charge in [0.15, 0.2) is 0 Å². The van der Waals surface area contributed by atoms with Crippen molar-refractivity contribution < 1.29 is 27.9 Å². The van der Waals surface area contributed by atoms with Crippen molar-refractivity contribution in [3.8, 4) is 5.75 Å². The van der Waals surface area contributed by atoms with E-state index in [1.54, 1.807) is 31.0 Å². The first-order chi connectivity index (χ1) is 14.2. The third-order valence-corrected chi connectivity index (χ3v) is 5.15. The summed E-state index contributed by atoms with van der Waals surface area (Å²) in [7, 11) is 1.67. The van der Waals surface area contributed by atoms with Crippen LogP contribution >= 0.6 is 0 Å². The van der Waals surface area contributed by atoms with E-state index in [1.807, 2.05) is 0 Å². The Morgan fingerprint density at radius 1 is 1.33 bits per heavy atom. The van der Waals surface area contributed by atoms with E-state index in [0.717, 1.165) is 23.3 Å². The molecule has 0 aromatic heterocycles. The molecular formula is C20H26F2N4O4. The molecular weight excluding hydrogens is 398 g/mol. The molecule has 1 atom stereocenters. The van der Waals surface area contributed by atoms with Crippen LogP contribution in [-0.2, 0) is 16.0 Å². The molecule has 2 aliphatic rings. The van der Waals surface area contributed by atoms with Crippen LogP contribution in [-0.4, -0.2) is 66.1 Å². The summed E-state index contributed by atoms with van der Waals surface area (Å²) < 4.78 is 28.8. The molecule has 1 aromatic rings. The Morgan fingerprint density at radius 3 is 2.60 bits per heavy atom. The number of benzene rings is 1. The highest BCUT2D eigenvalue weighted by molar-refractivity contribution is 6.06. The number of carbonyl (C=O) groups is 3. The third-order valence-electron chi connectivity index (χ3n) is 5.15. The fraction of sp³-hybridized carbons (Fsp3) is 0.550. The average Bonchev–Trinajstić information content (AvgIpc) is 3.44. The van der Waals surface area contributed by atoms with Crippen molar-refractivity contribution >= 4 is 17.8 Å². The second-order valence-corrected chi connectivity index (χ2v) is 8.02. The van der Waals surface area contributed by atoms with Crippen molar-refractivity contribution in [1.82, 2.24) is 20.4 Å². The number of carbonyl (C=O) groups excluding carboxylic acids is 3.